The third-order valence-electron chi connectivity index (χ3n) is 6.21. The number of para-hydroxylation sites is 1. The lowest BCUT2D eigenvalue weighted by Crippen LogP contribution is -2.19. The van der Waals surface area contributed by atoms with E-state index in [4.69, 9.17) is 9.72 Å². The van der Waals surface area contributed by atoms with Gasteiger partial charge in [0, 0.05) is 48.0 Å². The maximum atomic E-state index is 12.3. The Bertz CT molecular complexity index is 1580. The number of pyridine rings is 1. The summed E-state index contributed by atoms with van der Waals surface area (Å²) >= 11 is 3.04. The number of hydrogen-bond acceptors (Lipinski definition) is 9. The molecule has 0 atom stereocenters. The van der Waals surface area contributed by atoms with Gasteiger partial charge in [0.05, 0.1) is 12.3 Å². The third kappa shape index (κ3) is 7.78. The van der Waals surface area contributed by atoms with Crippen LogP contribution in [0.1, 0.15) is 16.9 Å². The van der Waals surface area contributed by atoms with Crippen molar-refractivity contribution in [3.05, 3.63) is 77.4 Å². The number of thiazole rings is 2. The molecule has 2 amide bonds. The molecule has 0 aliphatic heterocycles. The van der Waals surface area contributed by atoms with E-state index >= 15 is 0 Å². The summed E-state index contributed by atoms with van der Waals surface area (Å²) in [6.45, 7) is 4.43. The van der Waals surface area contributed by atoms with E-state index in [1.54, 1.807) is 17.5 Å². The number of ether oxygens (including phenoxy) is 1. The summed E-state index contributed by atoms with van der Waals surface area (Å²) in [5, 5.41) is 10.6. The van der Waals surface area contributed by atoms with Crippen molar-refractivity contribution in [2.45, 2.75) is 19.8 Å². The molecular formula is C30H33N7O2S2. The molecule has 0 aliphatic carbocycles. The van der Waals surface area contributed by atoms with Crippen molar-refractivity contribution in [1.82, 2.24) is 19.9 Å². The Morgan fingerprint density at radius 2 is 1.78 bits per heavy atom. The highest BCUT2D eigenvalue weighted by Crippen LogP contribution is 2.34. The number of nitrogens with zero attached hydrogens (tertiary/aromatic N) is 4. The Morgan fingerprint density at radius 3 is 2.56 bits per heavy atom. The normalized spacial score (nSPS) is 11.1. The maximum absolute atomic E-state index is 12.3. The van der Waals surface area contributed by atoms with Gasteiger partial charge < -0.3 is 20.3 Å². The van der Waals surface area contributed by atoms with Crippen LogP contribution in [0.4, 0.5) is 21.3 Å². The van der Waals surface area contributed by atoms with E-state index in [-0.39, 0.29) is 6.03 Å². The van der Waals surface area contributed by atoms with Crippen molar-refractivity contribution in [2.24, 2.45) is 0 Å². The first-order chi connectivity index (χ1) is 19.9. The Hall–Kier alpha value is -4.06. The van der Waals surface area contributed by atoms with Crippen molar-refractivity contribution in [2.75, 3.05) is 49.7 Å². The monoisotopic (exact) mass is 587 g/mol. The molecular weight excluding hydrogens is 555 g/mol. The number of aromatic nitrogens is 3. The van der Waals surface area contributed by atoms with Gasteiger partial charge in [0.25, 0.3) is 0 Å². The zero-order chi connectivity index (χ0) is 28.6. The van der Waals surface area contributed by atoms with Gasteiger partial charge in [-0.05, 0) is 69.4 Å². The van der Waals surface area contributed by atoms with Crippen LogP contribution in [0.5, 0.6) is 5.75 Å². The average Bonchev–Trinajstić information content (AvgIpc) is 3.60. The van der Waals surface area contributed by atoms with E-state index in [0.717, 1.165) is 67.9 Å². The highest BCUT2D eigenvalue weighted by molar-refractivity contribution is 7.21. The first-order valence-corrected chi connectivity index (χ1v) is 15.0. The first kappa shape index (κ1) is 28.5. The van der Waals surface area contributed by atoms with E-state index in [0.29, 0.717) is 18.3 Å². The summed E-state index contributed by atoms with van der Waals surface area (Å²) in [5.41, 5.74) is 4.67. The maximum Gasteiger partial charge on any atom is 0.325 e. The second-order valence-electron chi connectivity index (χ2n) is 9.77. The molecule has 41 heavy (non-hydrogen) atoms. The van der Waals surface area contributed by atoms with Crippen LogP contribution < -0.4 is 20.7 Å². The van der Waals surface area contributed by atoms with Crippen LogP contribution in [0.2, 0.25) is 0 Å². The van der Waals surface area contributed by atoms with Gasteiger partial charge in [-0.1, -0.05) is 29.5 Å². The van der Waals surface area contributed by atoms with Gasteiger partial charge in [0.2, 0.25) is 0 Å². The molecule has 3 N–H and O–H groups in total. The molecule has 3 heterocycles. The summed E-state index contributed by atoms with van der Waals surface area (Å²) in [7, 11) is 4.13. The van der Waals surface area contributed by atoms with Crippen LogP contribution in [-0.2, 0) is 6.42 Å². The predicted molar refractivity (Wildman–Crippen MR) is 170 cm³/mol. The van der Waals surface area contributed by atoms with E-state index in [1.807, 2.05) is 55.6 Å². The molecule has 3 aromatic heterocycles. The topological polar surface area (TPSA) is 104 Å². The van der Waals surface area contributed by atoms with Crippen molar-refractivity contribution in [1.29, 1.82) is 0 Å². The number of urea groups is 1. The molecule has 0 aliphatic rings. The number of nitrogens with one attached hydrogen (secondary N) is 3. The molecule has 11 heteroatoms. The molecule has 5 rings (SSSR count). The molecule has 0 fully saturated rings. The number of hydrogen-bond donors (Lipinski definition) is 3. The second-order valence-corrected chi connectivity index (χ2v) is 11.9. The zero-order valence-corrected chi connectivity index (χ0v) is 24.9. The van der Waals surface area contributed by atoms with Gasteiger partial charge in [-0.3, -0.25) is 5.32 Å². The van der Waals surface area contributed by atoms with Crippen LogP contribution in [0.25, 0.3) is 20.9 Å². The number of aryl methyl sites for hydroxylation is 1. The minimum Gasteiger partial charge on any atom is -0.494 e. The van der Waals surface area contributed by atoms with Gasteiger partial charge in [-0.2, -0.15) is 0 Å². The van der Waals surface area contributed by atoms with Crippen molar-refractivity contribution >= 4 is 55.6 Å². The number of fused-ring (bicyclic) bond motifs is 1. The number of rotatable bonds is 12. The summed E-state index contributed by atoms with van der Waals surface area (Å²) in [6.07, 6.45) is 5.43. The summed E-state index contributed by atoms with van der Waals surface area (Å²) in [5.74, 6) is 0.864. The Morgan fingerprint density at radius 1 is 0.976 bits per heavy atom. The van der Waals surface area contributed by atoms with Gasteiger partial charge in [-0.25, -0.2) is 19.7 Å². The zero-order valence-electron chi connectivity index (χ0n) is 23.3. The van der Waals surface area contributed by atoms with Crippen LogP contribution in [0.15, 0.2) is 67.0 Å². The average molecular weight is 588 g/mol. The number of carbonyl (C=O) groups excluding carboxylic acids is 1. The van der Waals surface area contributed by atoms with Crippen LogP contribution in [0.3, 0.4) is 0 Å². The van der Waals surface area contributed by atoms with Gasteiger partial charge in [0.1, 0.15) is 21.1 Å². The Labute approximate surface area is 247 Å². The molecule has 2 aromatic carbocycles. The minimum absolute atomic E-state index is 0.313. The van der Waals surface area contributed by atoms with Crippen LogP contribution in [-0.4, -0.2) is 59.7 Å². The van der Waals surface area contributed by atoms with Crippen LogP contribution >= 0.6 is 22.7 Å². The molecule has 0 bridgehead atoms. The van der Waals surface area contributed by atoms with E-state index < -0.39 is 0 Å². The number of amides is 2. The first-order valence-electron chi connectivity index (χ1n) is 13.4. The van der Waals surface area contributed by atoms with Crippen molar-refractivity contribution < 1.29 is 9.53 Å². The Kier molecular flexibility index (Phi) is 9.40. The molecule has 9 nitrogen and oxygen atoms in total. The lowest BCUT2D eigenvalue weighted by atomic mass is 10.2. The SMILES string of the molecule is Cc1cnc2sc(-c3ccc(OCCCN(C)C)cc3)nc2c1NCCc1cnc(NC(=O)Nc2ccccc2)s1. The van der Waals surface area contributed by atoms with E-state index in [9.17, 15) is 4.79 Å². The van der Waals surface area contributed by atoms with Gasteiger partial charge >= 0.3 is 6.03 Å². The van der Waals surface area contributed by atoms with Crippen LogP contribution in [0, 0.1) is 6.92 Å². The molecule has 0 unspecified atom stereocenters. The summed E-state index contributed by atoms with van der Waals surface area (Å²) in [6, 6.07) is 17.1. The molecule has 0 spiro atoms. The van der Waals surface area contributed by atoms with E-state index in [2.05, 4.69) is 57.0 Å². The highest BCUT2D eigenvalue weighted by atomic mass is 32.1. The largest absolute Gasteiger partial charge is 0.494 e. The molecule has 0 radical (unpaired) electrons. The smallest absolute Gasteiger partial charge is 0.325 e. The van der Waals surface area contributed by atoms with Gasteiger partial charge in [0.15, 0.2) is 5.13 Å². The minimum atomic E-state index is -0.313. The fraction of sp³-hybridized carbons (Fsp3) is 0.267. The second kappa shape index (κ2) is 13.5. The standard InChI is InChI=1S/C30H33N7O2S2/c1-20-18-32-28-26(35-27(41-28)21-10-12-23(13-11-21)39-17-7-16-37(2)3)25(20)31-15-14-24-19-33-30(40-24)36-29(38)34-22-8-5-4-6-9-22/h4-6,8-13,18-19H,7,14-17H2,1-3H3,(H,31,32)(H2,33,34,36,38). The van der Waals surface area contributed by atoms with Crippen molar-refractivity contribution in [3.63, 3.8) is 0 Å². The Balaban J connectivity index is 1.18. The van der Waals surface area contributed by atoms with E-state index in [1.165, 1.54) is 11.3 Å². The lowest BCUT2D eigenvalue weighted by Gasteiger charge is -2.10. The lowest BCUT2D eigenvalue weighted by molar-refractivity contribution is 0.262. The molecule has 212 valence electrons. The quantitative estimate of drug-likeness (QED) is 0.139. The molecule has 5 aromatic rings. The fourth-order valence-electron chi connectivity index (χ4n) is 4.15. The third-order valence-corrected chi connectivity index (χ3v) is 8.20. The summed E-state index contributed by atoms with van der Waals surface area (Å²) < 4.78 is 5.87. The predicted octanol–water partition coefficient (Wildman–Crippen LogP) is 6.75. The number of anilines is 3. The van der Waals surface area contributed by atoms with Gasteiger partial charge in [-0.15, -0.1) is 11.3 Å². The summed E-state index contributed by atoms with van der Waals surface area (Å²) in [4.78, 5) is 30.3. The van der Waals surface area contributed by atoms with Crippen molar-refractivity contribution in [3.8, 4) is 16.3 Å². The molecule has 0 saturated carbocycles. The fourth-order valence-corrected chi connectivity index (χ4v) is 5.88. The highest BCUT2D eigenvalue weighted by Gasteiger charge is 2.14. The number of carbonyl (C=O) groups is 1. The molecule has 0 saturated heterocycles. The number of benzene rings is 2.